The molecule has 0 radical (unpaired) electrons. The molecule has 0 spiro atoms. The van der Waals surface area contributed by atoms with Crippen LogP contribution in [0.4, 0.5) is 5.13 Å². The summed E-state index contributed by atoms with van der Waals surface area (Å²) >= 11 is 1.45. The number of nitrogens with one attached hydrogen (secondary N) is 1. The summed E-state index contributed by atoms with van der Waals surface area (Å²) in [7, 11) is 1.89. The first-order chi connectivity index (χ1) is 8.97. The van der Waals surface area contributed by atoms with Crippen molar-refractivity contribution in [2.75, 3.05) is 5.32 Å². The largest absolute Gasteiger partial charge is 0.298 e. The molecule has 0 aliphatic carbocycles. The van der Waals surface area contributed by atoms with Crippen molar-refractivity contribution in [1.29, 1.82) is 0 Å². The van der Waals surface area contributed by atoms with E-state index < -0.39 is 0 Å². The van der Waals surface area contributed by atoms with Crippen molar-refractivity contribution >= 4 is 28.5 Å². The summed E-state index contributed by atoms with van der Waals surface area (Å²) in [6, 6.07) is 0. The van der Waals surface area contributed by atoms with Crippen molar-refractivity contribution in [3.63, 3.8) is 0 Å². The van der Waals surface area contributed by atoms with Crippen LogP contribution in [0.15, 0.2) is 12.3 Å². The van der Waals surface area contributed by atoms with E-state index in [0.717, 1.165) is 21.8 Å². The molecule has 0 bridgehead atoms. The smallest absolute Gasteiger partial charge is 0.250 e. The summed E-state index contributed by atoms with van der Waals surface area (Å²) in [5.41, 5.74) is 2.92. The molecule has 5 nitrogen and oxygen atoms in total. The van der Waals surface area contributed by atoms with Crippen LogP contribution >= 0.6 is 11.3 Å². The minimum Gasteiger partial charge on any atom is -0.298 e. The predicted octanol–water partition coefficient (Wildman–Crippen LogP) is 2.45. The lowest BCUT2D eigenvalue weighted by atomic mass is 10.2. The molecule has 0 aliphatic heterocycles. The van der Waals surface area contributed by atoms with Crippen molar-refractivity contribution in [1.82, 2.24) is 14.8 Å². The monoisotopic (exact) mass is 276 g/mol. The fourth-order valence-electron chi connectivity index (χ4n) is 1.75. The summed E-state index contributed by atoms with van der Waals surface area (Å²) in [5, 5.41) is 7.65. The van der Waals surface area contributed by atoms with Crippen LogP contribution in [0.2, 0.25) is 0 Å². The van der Waals surface area contributed by atoms with Crippen LogP contribution in [0.5, 0.6) is 0 Å². The van der Waals surface area contributed by atoms with Gasteiger partial charge in [-0.25, -0.2) is 4.98 Å². The second-order valence-electron chi connectivity index (χ2n) is 4.31. The topological polar surface area (TPSA) is 59.8 Å². The number of amides is 1. The highest BCUT2D eigenvalue weighted by Gasteiger charge is 2.07. The van der Waals surface area contributed by atoms with Crippen molar-refractivity contribution in [3.8, 4) is 0 Å². The molecule has 0 aliphatic rings. The highest BCUT2D eigenvalue weighted by molar-refractivity contribution is 7.15. The molecule has 2 heterocycles. The van der Waals surface area contributed by atoms with Crippen LogP contribution in [0.1, 0.15) is 21.8 Å². The second kappa shape index (κ2) is 5.36. The SMILES string of the molecule is Cc1cnc(NC(=O)/C=C/c2c(C)nn(C)c2C)s1. The third kappa shape index (κ3) is 3.08. The molecule has 1 amide bonds. The van der Waals surface area contributed by atoms with Crippen molar-refractivity contribution in [2.24, 2.45) is 7.05 Å². The zero-order valence-corrected chi connectivity index (χ0v) is 12.2. The van der Waals surface area contributed by atoms with Crippen molar-refractivity contribution < 1.29 is 4.79 Å². The number of carbonyl (C=O) groups is 1. The maximum atomic E-state index is 11.8. The Morgan fingerprint density at radius 3 is 2.68 bits per heavy atom. The van der Waals surface area contributed by atoms with E-state index in [9.17, 15) is 4.79 Å². The van der Waals surface area contributed by atoms with Crippen LogP contribution in [0.3, 0.4) is 0 Å². The molecular weight excluding hydrogens is 260 g/mol. The first kappa shape index (κ1) is 13.5. The molecule has 1 N–H and O–H groups in total. The van der Waals surface area contributed by atoms with E-state index in [4.69, 9.17) is 0 Å². The van der Waals surface area contributed by atoms with Crippen LogP contribution in [-0.4, -0.2) is 20.7 Å². The fraction of sp³-hybridized carbons (Fsp3) is 0.308. The number of thiazole rings is 1. The molecule has 19 heavy (non-hydrogen) atoms. The van der Waals surface area contributed by atoms with Crippen molar-refractivity contribution in [3.05, 3.63) is 34.1 Å². The Kier molecular flexibility index (Phi) is 3.80. The van der Waals surface area contributed by atoms with Gasteiger partial charge >= 0.3 is 0 Å². The molecule has 0 saturated carbocycles. The van der Waals surface area contributed by atoms with E-state index in [1.165, 1.54) is 17.4 Å². The maximum Gasteiger partial charge on any atom is 0.250 e. The first-order valence-corrected chi connectivity index (χ1v) is 6.70. The van der Waals surface area contributed by atoms with Gasteiger partial charge in [-0.05, 0) is 26.8 Å². The molecule has 0 aromatic carbocycles. The summed E-state index contributed by atoms with van der Waals surface area (Å²) in [6.07, 6.45) is 5.03. The lowest BCUT2D eigenvalue weighted by molar-refractivity contribution is -0.111. The summed E-state index contributed by atoms with van der Waals surface area (Å²) in [5.74, 6) is -0.183. The Labute approximate surface area is 116 Å². The average Bonchev–Trinajstić information content (AvgIpc) is 2.83. The van der Waals surface area contributed by atoms with Gasteiger partial charge in [0.05, 0.1) is 5.69 Å². The van der Waals surface area contributed by atoms with E-state index in [1.807, 2.05) is 27.8 Å². The Hall–Kier alpha value is -1.95. The zero-order valence-electron chi connectivity index (χ0n) is 11.4. The van der Waals surface area contributed by atoms with Gasteiger partial charge in [0, 0.05) is 35.5 Å². The van der Waals surface area contributed by atoms with Gasteiger partial charge in [0.2, 0.25) is 5.91 Å². The Bertz CT molecular complexity index is 639. The van der Waals surface area contributed by atoms with E-state index >= 15 is 0 Å². The Morgan fingerprint density at radius 2 is 2.16 bits per heavy atom. The number of carbonyl (C=O) groups excluding carboxylic acids is 1. The normalized spacial score (nSPS) is 11.2. The number of nitrogens with zero attached hydrogens (tertiary/aromatic N) is 3. The predicted molar refractivity (Wildman–Crippen MR) is 77.2 cm³/mol. The molecule has 100 valence electrons. The molecule has 0 saturated heterocycles. The molecule has 0 unspecified atom stereocenters. The Balaban J connectivity index is 2.08. The van der Waals surface area contributed by atoms with Gasteiger partial charge in [-0.15, -0.1) is 11.3 Å². The summed E-state index contributed by atoms with van der Waals surface area (Å²) < 4.78 is 1.80. The number of rotatable bonds is 3. The lowest BCUT2D eigenvalue weighted by Crippen LogP contribution is -2.07. The minimum atomic E-state index is -0.183. The Morgan fingerprint density at radius 1 is 1.42 bits per heavy atom. The first-order valence-electron chi connectivity index (χ1n) is 5.89. The number of aromatic nitrogens is 3. The fourth-order valence-corrected chi connectivity index (χ4v) is 2.42. The highest BCUT2D eigenvalue weighted by Crippen LogP contribution is 2.17. The van der Waals surface area contributed by atoms with Gasteiger partial charge in [0.1, 0.15) is 0 Å². The second-order valence-corrected chi connectivity index (χ2v) is 5.54. The molecular formula is C13H16N4OS. The van der Waals surface area contributed by atoms with Gasteiger partial charge in [0.25, 0.3) is 0 Å². The molecule has 2 aromatic rings. The average molecular weight is 276 g/mol. The molecule has 0 fully saturated rings. The number of hydrogen-bond donors (Lipinski definition) is 1. The molecule has 6 heteroatoms. The number of anilines is 1. The van der Waals surface area contributed by atoms with Gasteiger partial charge in [-0.1, -0.05) is 0 Å². The van der Waals surface area contributed by atoms with E-state index in [-0.39, 0.29) is 5.91 Å². The number of aryl methyl sites for hydroxylation is 3. The minimum absolute atomic E-state index is 0.183. The van der Waals surface area contributed by atoms with Crippen LogP contribution in [-0.2, 0) is 11.8 Å². The number of hydrogen-bond acceptors (Lipinski definition) is 4. The third-order valence-electron chi connectivity index (χ3n) is 2.82. The van der Waals surface area contributed by atoms with Gasteiger partial charge < -0.3 is 0 Å². The summed E-state index contributed by atoms with van der Waals surface area (Å²) in [4.78, 5) is 16.9. The van der Waals surface area contributed by atoms with Gasteiger partial charge in [0.15, 0.2) is 5.13 Å². The standard InChI is InChI=1S/C13H16N4OS/c1-8-7-14-13(19-8)15-12(18)6-5-11-9(2)16-17(4)10(11)3/h5-7H,1-4H3,(H,14,15,18)/b6-5+. The lowest BCUT2D eigenvalue weighted by Gasteiger charge is -1.96. The van der Waals surface area contributed by atoms with Crippen LogP contribution < -0.4 is 5.32 Å². The van der Waals surface area contributed by atoms with E-state index in [1.54, 1.807) is 17.0 Å². The quantitative estimate of drug-likeness (QED) is 0.876. The van der Waals surface area contributed by atoms with Gasteiger partial charge in [-0.2, -0.15) is 5.10 Å². The van der Waals surface area contributed by atoms with Crippen molar-refractivity contribution in [2.45, 2.75) is 20.8 Å². The van der Waals surface area contributed by atoms with E-state index in [2.05, 4.69) is 15.4 Å². The van der Waals surface area contributed by atoms with Crippen LogP contribution in [0, 0.1) is 20.8 Å². The highest BCUT2D eigenvalue weighted by atomic mass is 32.1. The van der Waals surface area contributed by atoms with Crippen LogP contribution in [0.25, 0.3) is 6.08 Å². The van der Waals surface area contributed by atoms with E-state index in [0.29, 0.717) is 5.13 Å². The maximum absolute atomic E-state index is 11.8. The molecule has 0 atom stereocenters. The summed E-state index contributed by atoms with van der Waals surface area (Å²) in [6.45, 7) is 5.85. The molecule has 2 aromatic heterocycles. The zero-order chi connectivity index (χ0) is 14.0. The van der Waals surface area contributed by atoms with Gasteiger partial charge in [-0.3, -0.25) is 14.8 Å². The molecule has 2 rings (SSSR count). The third-order valence-corrected chi connectivity index (χ3v) is 3.65.